The minimum Gasteiger partial charge on any atom is -0.390 e. The fourth-order valence-electron chi connectivity index (χ4n) is 5.31. The normalized spacial score (nSPS) is 23.4. The van der Waals surface area contributed by atoms with Crippen LogP contribution in [0, 0.1) is 5.92 Å². The number of piperidine rings is 1. The Morgan fingerprint density at radius 1 is 1.19 bits per heavy atom. The average Bonchev–Trinajstić information content (AvgIpc) is 2.82. The van der Waals surface area contributed by atoms with E-state index in [9.17, 15) is 13.7 Å². The van der Waals surface area contributed by atoms with Crippen LogP contribution < -0.4 is 15.1 Å². The molecule has 2 aliphatic heterocycles. The van der Waals surface area contributed by atoms with Crippen LogP contribution >= 0.6 is 0 Å². The van der Waals surface area contributed by atoms with Crippen LogP contribution in [0.15, 0.2) is 36.7 Å². The molecule has 5 rings (SSSR count). The van der Waals surface area contributed by atoms with Crippen molar-refractivity contribution in [1.29, 1.82) is 0 Å². The maximum absolute atomic E-state index is 14.7. The first-order chi connectivity index (χ1) is 17.6. The molecule has 8 nitrogen and oxygen atoms in total. The lowest BCUT2D eigenvalue weighted by Gasteiger charge is -2.41. The maximum atomic E-state index is 14.7. The molecule has 2 fully saturated rings. The van der Waals surface area contributed by atoms with Gasteiger partial charge in [-0.05, 0) is 48.4 Å². The first-order valence-electron chi connectivity index (χ1n) is 12.8. The van der Waals surface area contributed by atoms with E-state index in [1.165, 1.54) is 12.5 Å². The predicted octanol–water partition coefficient (Wildman–Crippen LogP) is 4.01. The molecule has 0 saturated carbocycles. The van der Waals surface area contributed by atoms with E-state index in [4.69, 9.17) is 4.98 Å². The summed E-state index contributed by atoms with van der Waals surface area (Å²) in [6.07, 6.45) is 4.67. The Kier molecular flexibility index (Phi) is 7.06. The lowest BCUT2D eigenvalue weighted by Crippen LogP contribution is -2.52. The largest absolute Gasteiger partial charge is 0.390 e. The number of rotatable bonds is 7. The minimum atomic E-state index is -1.71. The molecule has 37 heavy (non-hydrogen) atoms. The minimum absolute atomic E-state index is 0.0396. The molecule has 0 radical (unpaired) electrons. The zero-order valence-electron chi connectivity index (χ0n) is 21.8. The molecular formula is C27H35FN6O2S. The summed E-state index contributed by atoms with van der Waals surface area (Å²) < 4.78 is 26.3. The smallest absolute Gasteiger partial charge is 0.227 e. The molecule has 2 saturated heterocycles. The zero-order valence-corrected chi connectivity index (χ0v) is 22.6. The lowest BCUT2D eigenvalue weighted by atomic mass is 9.93. The second-order valence-electron chi connectivity index (χ2n) is 10.8. The van der Waals surface area contributed by atoms with Crippen LogP contribution in [-0.2, 0) is 10.8 Å². The van der Waals surface area contributed by atoms with E-state index in [0.717, 1.165) is 35.3 Å². The van der Waals surface area contributed by atoms with Gasteiger partial charge in [-0.15, -0.1) is 0 Å². The van der Waals surface area contributed by atoms with E-state index < -0.39 is 22.6 Å². The van der Waals surface area contributed by atoms with Crippen LogP contribution in [0.1, 0.15) is 38.7 Å². The van der Waals surface area contributed by atoms with E-state index in [1.54, 1.807) is 23.4 Å². The number of aliphatic hydroxyl groups excluding tert-OH is 1. The summed E-state index contributed by atoms with van der Waals surface area (Å²) in [4.78, 5) is 17.7. The van der Waals surface area contributed by atoms with Crippen molar-refractivity contribution in [2.75, 3.05) is 53.3 Å². The third-order valence-electron chi connectivity index (χ3n) is 7.35. The Morgan fingerprint density at radius 3 is 2.68 bits per heavy atom. The Bertz CT molecular complexity index is 1310. The molecule has 3 aromatic rings. The molecule has 1 unspecified atom stereocenters. The summed E-state index contributed by atoms with van der Waals surface area (Å²) in [7, 11) is -0.775. The first kappa shape index (κ1) is 25.8. The summed E-state index contributed by atoms with van der Waals surface area (Å²) >= 11 is 0. The molecule has 1 aromatic carbocycles. The number of hydrogen-bond acceptors (Lipinski definition) is 8. The van der Waals surface area contributed by atoms with Crippen molar-refractivity contribution in [3.8, 4) is 0 Å². The van der Waals surface area contributed by atoms with Gasteiger partial charge in [0, 0.05) is 71.8 Å². The van der Waals surface area contributed by atoms with Crippen molar-refractivity contribution in [3.63, 3.8) is 0 Å². The van der Waals surface area contributed by atoms with Crippen molar-refractivity contribution in [2.24, 2.45) is 5.92 Å². The SMILES string of the molecule is CC(C)c1ccc(N2CC(CS(C)=O)C2)c2cnc(Nc3ccnc(N4CC[C@@H](O)[C@@](C)(F)C4)n3)cc12. The quantitative estimate of drug-likeness (QED) is 0.477. The predicted molar refractivity (Wildman–Crippen MR) is 148 cm³/mol. The summed E-state index contributed by atoms with van der Waals surface area (Å²) in [6, 6.07) is 8.19. The summed E-state index contributed by atoms with van der Waals surface area (Å²) in [6.45, 7) is 8.13. The van der Waals surface area contributed by atoms with Crippen molar-refractivity contribution in [3.05, 3.63) is 42.2 Å². The standard InChI is InChI=1S/C27H35FN6O2S/c1-17(2)19-5-6-22(34-13-18(14-34)15-37(4)36)21-12-30-25(11-20(19)21)31-24-7-9-29-26(32-24)33-10-8-23(35)27(3,28)16-33/h5-7,9,11-12,17-18,23,35H,8,10,13-16H2,1-4H3,(H,29,30,31,32)/t23-,27+,37?/m1/s1. The summed E-state index contributed by atoms with van der Waals surface area (Å²) in [5, 5.41) is 15.5. The molecule has 0 amide bonds. The van der Waals surface area contributed by atoms with E-state index in [-0.39, 0.29) is 6.54 Å². The van der Waals surface area contributed by atoms with E-state index in [1.807, 2.05) is 6.20 Å². The molecule has 0 spiro atoms. The van der Waals surface area contributed by atoms with Gasteiger partial charge in [-0.2, -0.15) is 4.98 Å². The van der Waals surface area contributed by atoms with Crippen molar-refractivity contribution in [1.82, 2.24) is 15.0 Å². The van der Waals surface area contributed by atoms with Crippen LogP contribution in [0.5, 0.6) is 0 Å². The highest BCUT2D eigenvalue weighted by Crippen LogP contribution is 2.37. The molecule has 2 aromatic heterocycles. The van der Waals surface area contributed by atoms with Crippen LogP contribution in [0.2, 0.25) is 0 Å². The van der Waals surface area contributed by atoms with Crippen LogP contribution in [0.25, 0.3) is 10.8 Å². The number of nitrogens with one attached hydrogen (secondary N) is 1. The number of pyridine rings is 1. The summed E-state index contributed by atoms with van der Waals surface area (Å²) in [5.74, 6) is 3.21. The average molecular weight is 527 g/mol. The highest BCUT2D eigenvalue weighted by Gasteiger charge is 2.39. The Labute approximate surface area is 219 Å². The first-order valence-corrected chi connectivity index (χ1v) is 14.5. The van der Waals surface area contributed by atoms with Gasteiger partial charge in [0.05, 0.1) is 12.6 Å². The zero-order chi connectivity index (χ0) is 26.3. The van der Waals surface area contributed by atoms with E-state index >= 15 is 0 Å². The van der Waals surface area contributed by atoms with Gasteiger partial charge in [-0.25, -0.2) is 14.4 Å². The second kappa shape index (κ2) is 10.1. The molecule has 2 N–H and O–H groups in total. The number of aromatic nitrogens is 3. The fourth-order valence-corrected chi connectivity index (χ4v) is 6.18. The molecule has 198 valence electrons. The van der Waals surface area contributed by atoms with Crippen LogP contribution in [0.4, 0.5) is 27.7 Å². The third kappa shape index (κ3) is 5.40. The van der Waals surface area contributed by atoms with Crippen molar-refractivity contribution < 1.29 is 13.7 Å². The third-order valence-corrected chi connectivity index (χ3v) is 8.29. The maximum Gasteiger partial charge on any atom is 0.227 e. The number of benzene rings is 1. The van der Waals surface area contributed by atoms with Gasteiger partial charge < -0.3 is 20.2 Å². The van der Waals surface area contributed by atoms with Gasteiger partial charge in [0.1, 0.15) is 11.6 Å². The second-order valence-corrected chi connectivity index (χ2v) is 12.3. The number of nitrogens with zero attached hydrogens (tertiary/aromatic N) is 5. The molecule has 4 heterocycles. The van der Waals surface area contributed by atoms with E-state index in [0.29, 0.717) is 42.4 Å². The van der Waals surface area contributed by atoms with Crippen LogP contribution in [0.3, 0.4) is 0 Å². The van der Waals surface area contributed by atoms with Gasteiger partial charge in [0.2, 0.25) is 5.95 Å². The molecule has 0 bridgehead atoms. The number of fused-ring (bicyclic) bond motifs is 1. The van der Waals surface area contributed by atoms with Crippen molar-refractivity contribution >= 4 is 44.8 Å². The van der Waals surface area contributed by atoms with Crippen LogP contribution in [-0.4, -0.2) is 74.2 Å². The molecule has 10 heteroatoms. The van der Waals surface area contributed by atoms with Gasteiger partial charge in [0.15, 0.2) is 5.67 Å². The van der Waals surface area contributed by atoms with Gasteiger partial charge >= 0.3 is 0 Å². The lowest BCUT2D eigenvalue weighted by molar-refractivity contribution is -0.00860. The molecular weight excluding hydrogens is 491 g/mol. The monoisotopic (exact) mass is 526 g/mol. The number of anilines is 4. The van der Waals surface area contributed by atoms with Gasteiger partial charge in [-0.3, -0.25) is 4.21 Å². The van der Waals surface area contributed by atoms with Gasteiger partial charge in [-0.1, -0.05) is 19.9 Å². The highest BCUT2D eigenvalue weighted by atomic mass is 32.2. The number of aliphatic hydroxyl groups is 1. The highest BCUT2D eigenvalue weighted by molar-refractivity contribution is 7.84. The molecule has 2 aliphatic rings. The topological polar surface area (TPSA) is 94.5 Å². The van der Waals surface area contributed by atoms with Crippen molar-refractivity contribution in [2.45, 2.75) is 44.9 Å². The summed E-state index contributed by atoms with van der Waals surface area (Å²) in [5.41, 5.74) is 0.691. The van der Waals surface area contributed by atoms with E-state index in [2.05, 4.69) is 52.2 Å². The number of halogens is 1. The number of alkyl halides is 1. The molecule has 0 aliphatic carbocycles. The molecule has 3 atom stereocenters. The number of hydrogen-bond donors (Lipinski definition) is 2. The Hall–Kier alpha value is -2.85. The Morgan fingerprint density at radius 2 is 1.97 bits per heavy atom. The fraction of sp³-hybridized carbons (Fsp3) is 0.519. The Balaban J connectivity index is 1.39. The van der Waals surface area contributed by atoms with Gasteiger partial charge in [0.25, 0.3) is 0 Å².